The summed E-state index contributed by atoms with van der Waals surface area (Å²) in [7, 11) is 1.48. The molecule has 1 aromatic carbocycles. The number of nitrogens with zero attached hydrogens (tertiary/aromatic N) is 6. The maximum Gasteiger partial charge on any atom is 0.246 e. The molecule has 1 amide bonds. The van der Waals surface area contributed by atoms with Crippen LogP contribution in [-0.2, 0) is 4.79 Å². The molecule has 0 atom stereocenters. The van der Waals surface area contributed by atoms with E-state index in [1.165, 1.54) is 25.3 Å². The molecule has 5 rings (SSSR count). The van der Waals surface area contributed by atoms with Crippen molar-refractivity contribution in [2.24, 2.45) is 0 Å². The Labute approximate surface area is 187 Å². The van der Waals surface area contributed by atoms with E-state index in [-0.39, 0.29) is 17.1 Å². The summed E-state index contributed by atoms with van der Waals surface area (Å²) in [4.78, 5) is 18.0. The number of rotatable bonds is 5. The summed E-state index contributed by atoms with van der Waals surface area (Å²) in [6.45, 7) is 4.62. The summed E-state index contributed by atoms with van der Waals surface area (Å²) in [6, 6.07) is 6.10. The van der Waals surface area contributed by atoms with Crippen molar-refractivity contribution < 1.29 is 13.9 Å². The lowest BCUT2D eigenvalue weighted by Gasteiger charge is -2.38. The molecule has 0 spiro atoms. The van der Waals surface area contributed by atoms with Crippen LogP contribution in [-0.4, -0.2) is 55.4 Å². The molecule has 4 heterocycles. The molecule has 0 bridgehead atoms. The van der Waals surface area contributed by atoms with E-state index in [2.05, 4.69) is 21.8 Å². The number of amides is 1. The lowest BCUT2D eigenvalue weighted by Crippen LogP contribution is -2.50. The smallest absolute Gasteiger partial charge is 0.246 e. The van der Waals surface area contributed by atoms with Gasteiger partial charge in [0.05, 0.1) is 25.5 Å². The van der Waals surface area contributed by atoms with Crippen LogP contribution in [0.4, 0.5) is 4.39 Å². The number of halogens is 2. The number of methoxy groups -OCH3 is 1. The van der Waals surface area contributed by atoms with Gasteiger partial charge in [-0.05, 0) is 24.3 Å². The van der Waals surface area contributed by atoms with Gasteiger partial charge < -0.3 is 9.64 Å². The van der Waals surface area contributed by atoms with E-state index in [4.69, 9.17) is 16.3 Å². The molecule has 0 radical (unpaired) electrons. The molecule has 32 heavy (non-hydrogen) atoms. The van der Waals surface area contributed by atoms with Gasteiger partial charge in [0.25, 0.3) is 0 Å². The van der Waals surface area contributed by atoms with Crippen LogP contribution in [0.25, 0.3) is 28.0 Å². The van der Waals surface area contributed by atoms with E-state index in [0.717, 1.165) is 0 Å². The first-order chi connectivity index (χ1) is 15.5. The van der Waals surface area contributed by atoms with Crippen LogP contribution in [0.15, 0.2) is 55.5 Å². The molecular formula is C22H18ClFN6O2. The molecule has 0 aliphatic carbocycles. The summed E-state index contributed by atoms with van der Waals surface area (Å²) in [5.74, 6) is -0.170. The van der Waals surface area contributed by atoms with Crippen molar-refractivity contribution in [2.45, 2.75) is 6.04 Å². The van der Waals surface area contributed by atoms with Crippen molar-refractivity contribution in [1.29, 1.82) is 0 Å². The molecule has 0 unspecified atom stereocenters. The minimum atomic E-state index is -0.415. The normalized spacial score (nSPS) is 13.9. The highest BCUT2D eigenvalue weighted by molar-refractivity contribution is 6.32. The molecule has 4 aromatic rings. The molecule has 0 saturated carbocycles. The quantitative estimate of drug-likeness (QED) is 0.432. The predicted octanol–water partition coefficient (Wildman–Crippen LogP) is 3.63. The lowest BCUT2D eigenvalue weighted by atomic mass is 10.0. The van der Waals surface area contributed by atoms with Crippen LogP contribution in [0.2, 0.25) is 5.15 Å². The Kier molecular flexibility index (Phi) is 4.90. The maximum atomic E-state index is 13.9. The highest BCUT2D eigenvalue weighted by Gasteiger charge is 2.31. The summed E-state index contributed by atoms with van der Waals surface area (Å²) >= 11 is 6.45. The van der Waals surface area contributed by atoms with Gasteiger partial charge in [0, 0.05) is 36.5 Å². The second kappa shape index (κ2) is 7.76. The molecule has 3 aromatic heterocycles. The zero-order valence-electron chi connectivity index (χ0n) is 17.1. The highest BCUT2D eigenvalue weighted by Crippen LogP contribution is 2.38. The monoisotopic (exact) mass is 452 g/mol. The van der Waals surface area contributed by atoms with Gasteiger partial charge in [0.15, 0.2) is 5.15 Å². The number of fused-ring (bicyclic) bond motifs is 1. The van der Waals surface area contributed by atoms with Crippen LogP contribution in [0.5, 0.6) is 5.75 Å². The predicted molar refractivity (Wildman–Crippen MR) is 117 cm³/mol. The van der Waals surface area contributed by atoms with E-state index in [1.807, 2.05) is 6.20 Å². The second-order valence-corrected chi connectivity index (χ2v) is 7.74. The summed E-state index contributed by atoms with van der Waals surface area (Å²) in [6.07, 6.45) is 6.47. The topological polar surface area (TPSA) is 77.6 Å². The van der Waals surface area contributed by atoms with Crippen LogP contribution >= 0.6 is 11.6 Å². The fraction of sp³-hybridized carbons (Fsp3) is 0.182. The molecule has 1 saturated heterocycles. The van der Waals surface area contributed by atoms with E-state index in [1.54, 1.807) is 38.6 Å². The third kappa shape index (κ3) is 3.21. The van der Waals surface area contributed by atoms with Gasteiger partial charge in [-0.3, -0.25) is 9.48 Å². The summed E-state index contributed by atoms with van der Waals surface area (Å²) in [5.41, 5.74) is 3.06. The number of hydrogen-bond acceptors (Lipinski definition) is 5. The zero-order valence-corrected chi connectivity index (χ0v) is 17.8. The SMILES string of the molecule is C=CC(=O)N1CC(n2cc(-c3nc(Cl)c4ccnn4c3-c3ccc(F)cc3OC)cn2)C1. The number of ether oxygens (including phenoxy) is 1. The Bertz CT molecular complexity index is 1360. The zero-order chi connectivity index (χ0) is 22.4. The number of likely N-dealkylation sites (tertiary alicyclic amines) is 1. The third-order valence-electron chi connectivity index (χ3n) is 5.52. The molecular weight excluding hydrogens is 435 g/mol. The number of benzene rings is 1. The van der Waals surface area contributed by atoms with Crippen molar-refractivity contribution in [3.8, 4) is 28.3 Å². The van der Waals surface area contributed by atoms with Gasteiger partial charge in [-0.25, -0.2) is 13.9 Å². The van der Waals surface area contributed by atoms with Crippen LogP contribution in [0.3, 0.4) is 0 Å². The minimum absolute atomic E-state index is 0.0559. The average Bonchev–Trinajstić information content (AvgIpc) is 3.43. The van der Waals surface area contributed by atoms with E-state index >= 15 is 0 Å². The lowest BCUT2D eigenvalue weighted by molar-refractivity contribution is -0.131. The van der Waals surface area contributed by atoms with Gasteiger partial charge in [-0.15, -0.1) is 0 Å². The summed E-state index contributed by atoms with van der Waals surface area (Å²) in [5, 5.41) is 9.16. The molecule has 0 N–H and O–H groups in total. The van der Waals surface area contributed by atoms with Crippen molar-refractivity contribution in [1.82, 2.24) is 29.3 Å². The largest absolute Gasteiger partial charge is 0.496 e. The van der Waals surface area contributed by atoms with Crippen LogP contribution in [0.1, 0.15) is 6.04 Å². The molecule has 8 nitrogen and oxygen atoms in total. The van der Waals surface area contributed by atoms with Crippen molar-refractivity contribution in [3.63, 3.8) is 0 Å². The van der Waals surface area contributed by atoms with E-state index in [9.17, 15) is 9.18 Å². The first-order valence-corrected chi connectivity index (χ1v) is 10.2. The fourth-order valence-corrected chi connectivity index (χ4v) is 4.07. The van der Waals surface area contributed by atoms with E-state index < -0.39 is 5.82 Å². The molecule has 1 fully saturated rings. The van der Waals surface area contributed by atoms with Crippen LogP contribution < -0.4 is 4.74 Å². The van der Waals surface area contributed by atoms with Gasteiger partial charge in [-0.2, -0.15) is 10.2 Å². The number of hydrogen-bond donors (Lipinski definition) is 0. The Morgan fingerprint density at radius 1 is 1.31 bits per heavy atom. The standard InChI is InChI=1S/C22H18ClFN6O2/c1-3-19(31)28-11-15(12-28)29-10-13(9-26-29)20-21(16-5-4-14(24)8-18(16)32-2)30-17(6-7-25-30)22(23)27-20/h3-10,15H,1,11-12H2,2H3. The van der Waals surface area contributed by atoms with Crippen molar-refractivity contribution >= 4 is 23.0 Å². The Morgan fingerprint density at radius 2 is 2.12 bits per heavy atom. The third-order valence-corrected chi connectivity index (χ3v) is 5.79. The van der Waals surface area contributed by atoms with Crippen LogP contribution in [0, 0.1) is 5.82 Å². The molecule has 10 heteroatoms. The fourth-order valence-electron chi connectivity index (χ4n) is 3.84. The van der Waals surface area contributed by atoms with E-state index in [0.29, 0.717) is 46.9 Å². The average molecular weight is 453 g/mol. The number of carbonyl (C=O) groups excluding carboxylic acids is 1. The first-order valence-electron chi connectivity index (χ1n) is 9.83. The summed E-state index contributed by atoms with van der Waals surface area (Å²) < 4.78 is 22.8. The minimum Gasteiger partial charge on any atom is -0.496 e. The second-order valence-electron chi connectivity index (χ2n) is 7.38. The number of carbonyl (C=O) groups is 1. The molecule has 1 aliphatic rings. The highest BCUT2D eigenvalue weighted by atomic mass is 35.5. The van der Waals surface area contributed by atoms with Gasteiger partial charge >= 0.3 is 0 Å². The maximum absolute atomic E-state index is 13.9. The molecule has 1 aliphatic heterocycles. The van der Waals surface area contributed by atoms with Crippen molar-refractivity contribution in [2.75, 3.05) is 20.2 Å². The Morgan fingerprint density at radius 3 is 2.88 bits per heavy atom. The van der Waals surface area contributed by atoms with Gasteiger partial charge in [0.1, 0.15) is 28.5 Å². The van der Waals surface area contributed by atoms with Gasteiger partial charge in [-0.1, -0.05) is 18.2 Å². The number of aromatic nitrogens is 5. The Hall–Kier alpha value is -3.72. The first kappa shape index (κ1) is 20.2. The Balaban J connectivity index is 1.62. The van der Waals surface area contributed by atoms with Crippen molar-refractivity contribution in [3.05, 3.63) is 66.5 Å². The van der Waals surface area contributed by atoms with Gasteiger partial charge in [0.2, 0.25) is 5.91 Å². The molecule has 162 valence electrons.